The molecule has 0 aliphatic heterocycles. The lowest BCUT2D eigenvalue weighted by atomic mass is 9.87. The first-order valence-electron chi connectivity index (χ1n) is 8.43. The van der Waals surface area contributed by atoms with Crippen LogP contribution < -0.4 is 16.0 Å². The van der Waals surface area contributed by atoms with Crippen LogP contribution in [0.3, 0.4) is 0 Å². The minimum atomic E-state index is -1.53. The highest BCUT2D eigenvalue weighted by atomic mass is 16.4. The number of carboxylic acids is 1. The first kappa shape index (κ1) is 21.1. The fraction of sp³-hybridized carbons (Fsp3) is 0.444. The van der Waals surface area contributed by atoms with E-state index in [0.717, 1.165) is 0 Å². The molecule has 1 unspecified atom stereocenters. The molecule has 0 spiro atoms. The van der Waals surface area contributed by atoms with E-state index in [-0.39, 0.29) is 37.6 Å². The number of carbonyl (C=O) groups excluding carboxylic acids is 3. The highest BCUT2D eigenvalue weighted by Gasteiger charge is 2.40. The zero-order valence-corrected chi connectivity index (χ0v) is 15.0. The Morgan fingerprint density at radius 1 is 0.962 bits per heavy atom. The fourth-order valence-corrected chi connectivity index (χ4v) is 2.47. The van der Waals surface area contributed by atoms with E-state index >= 15 is 0 Å². The van der Waals surface area contributed by atoms with Gasteiger partial charge in [-0.3, -0.25) is 14.4 Å². The highest BCUT2D eigenvalue weighted by molar-refractivity contribution is 5.90. The molecule has 4 N–H and O–H groups in total. The summed E-state index contributed by atoms with van der Waals surface area (Å²) < 4.78 is 0. The Hall–Kier alpha value is -2.90. The maximum atomic E-state index is 12.2. The first-order chi connectivity index (χ1) is 12.3. The van der Waals surface area contributed by atoms with Crippen LogP contribution in [0.1, 0.15) is 38.7 Å². The van der Waals surface area contributed by atoms with Crippen molar-refractivity contribution in [3.05, 3.63) is 35.9 Å². The van der Waals surface area contributed by atoms with E-state index in [1.54, 1.807) is 37.3 Å². The summed E-state index contributed by atoms with van der Waals surface area (Å²) in [6, 6.07) is 8.47. The molecule has 0 aliphatic rings. The van der Waals surface area contributed by atoms with E-state index in [1.165, 1.54) is 6.92 Å². The Morgan fingerprint density at radius 2 is 1.54 bits per heavy atom. The van der Waals surface area contributed by atoms with Crippen LogP contribution >= 0.6 is 0 Å². The van der Waals surface area contributed by atoms with Crippen LogP contribution in [0.5, 0.6) is 0 Å². The minimum Gasteiger partial charge on any atom is -0.479 e. The smallest absolute Gasteiger partial charge is 0.334 e. The van der Waals surface area contributed by atoms with Crippen molar-refractivity contribution in [3.8, 4) is 0 Å². The predicted octanol–water partition coefficient (Wildman–Crippen LogP) is 0.525. The summed E-state index contributed by atoms with van der Waals surface area (Å²) in [6.07, 6.45) is -0.0328. The molecule has 0 fully saturated rings. The van der Waals surface area contributed by atoms with Crippen molar-refractivity contribution in [2.45, 2.75) is 38.6 Å². The van der Waals surface area contributed by atoms with Crippen LogP contribution in [0.25, 0.3) is 0 Å². The van der Waals surface area contributed by atoms with Crippen molar-refractivity contribution < 1.29 is 24.3 Å². The van der Waals surface area contributed by atoms with Gasteiger partial charge in [-0.05, 0) is 12.0 Å². The standard InChI is InChI=1S/C18H25N3O5/c1-3-18(17(25)26,14-7-5-4-6-8-14)21-16(24)10-9-15(23)20-12-11-19-13(2)22/h4-8H,3,9-12H2,1-2H3,(H,19,22)(H,20,23)(H,21,24)(H,25,26). The molecule has 0 aliphatic carbocycles. The van der Waals surface area contributed by atoms with Gasteiger partial charge in [0.2, 0.25) is 17.7 Å². The number of benzene rings is 1. The summed E-state index contributed by atoms with van der Waals surface area (Å²) in [6.45, 7) is 3.62. The lowest BCUT2D eigenvalue weighted by molar-refractivity contribution is -0.148. The summed E-state index contributed by atoms with van der Waals surface area (Å²) in [4.78, 5) is 46.5. The number of rotatable bonds is 10. The molecule has 0 saturated heterocycles. The van der Waals surface area contributed by atoms with Crippen LogP contribution in [0, 0.1) is 0 Å². The average molecular weight is 363 g/mol. The maximum Gasteiger partial charge on any atom is 0.334 e. The molecule has 1 rings (SSSR count). The fourth-order valence-electron chi connectivity index (χ4n) is 2.47. The van der Waals surface area contributed by atoms with Crippen molar-refractivity contribution in [1.82, 2.24) is 16.0 Å². The van der Waals surface area contributed by atoms with Gasteiger partial charge in [-0.15, -0.1) is 0 Å². The minimum absolute atomic E-state index is 0.0693. The molecule has 3 amide bonds. The molecule has 1 aromatic carbocycles. The van der Waals surface area contributed by atoms with E-state index < -0.39 is 17.4 Å². The molecule has 26 heavy (non-hydrogen) atoms. The Kier molecular flexibility index (Phi) is 8.27. The summed E-state index contributed by atoms with van der Waals surface area (Å²) in [5, 5.41) is 17.3. The molecular weight excluding hydrogens is 338 g/mol. The molecular formula is C18H25N3O5. The van der Waals surface area contributed by atoms with Crippen molar-refractivity contribution in [1.29, 1.82) is 0 Å². The van der Waals surface area contributed by atoms with Gasteiger partial charge in [-0.2, -0.15) is 0 Å². The summed E-state index contributed by atoms with van der Waals surface area (Å²) in [5.41, 5.74) is -1.05. The molecule has 0 heterocycles. The molecule has 0 saturated carbocycles. The maximum absolute atomic E-state index is 12.2. The van der Waals surface area contributed by atoms with Gasteiger partial charge >= 0.3 is 5.97 Å². The average Bonchev–Trinajstić information content (AvgIpc) is 2.62. The van der Waals surface area contributed by atoms with Gasteiger partial charge in [0.15, 0.2) is 5.54 Å². The molecule has 0 radical (unpaired) electrons. The van der Waals surface area contributed by atoms with Gasteiger partial charge in [-0.1, -0.05) is 37.3 Å². The Morgan fingerprint density at radius 3 is 2.08 bits per heavy atom. The van der Waals surface area contributed by atoms with Gasteiger partial charge in [0, 0.05) is 32.9 Å². The van der Waals surface area contributed by atoms with Crippen LogP contribution in [0.2, 0.25) is 0 Å². The second kappa shape index (κ2) is 10.2. The van der Waals surface area contributed by atoms with Crippen LogP contribution in [0.4, 0.5) is 0 Å². The second-order valence-electron chi connectivity index (χ2n) is 5.81. The molecule has 8 heteroatoms. The van der Waals surface area contributed by atoms with Crippen molar-refractivity contribution in [2.24, 2.45) is 0 Å². The monoisotopic (exact) mass is 363 g/mol. The molecule has 1 atom stereocenters. The van der Waals surface area contributed by atoms with E-state index in [0.29, 0.717) is 12.1 Å². The zero-order valence-electron chi connectivity index (χ0n) is 15.0. The first-order valence-corrected chi connectivity index (χ1v) is 8.43. The highest BCUT2D eigenvalue weighted by Crippen LogP contribution is 2.25. The zero-order chi connectivity index (χ0) is 19.6. The molecule has 1 aromatic rings. The van der Waals surface area contributed by atoms with Gasteiger partial charge in [0.05, 0.1) is 0 Å². The number of aliphatic carboxylic acids is 1. The summed E-state index contributed by atoms with van der Waals surface area (Å²) in [7, 11) is 0. The number of nitrogens with one attached hydrogen (secondary N) is 3. The van der Waals surface area contributed by atoms with Crippen molar-refractivity contribution >= 4 is 23.7 Å². The van der Waals surface area contributed by atoms with Crippen LogP contribution in [0.15, 0.2) is 30.3 Å². The lowest BCUT2D eigenvalue weighted by Crippen LogP contribution is -2.51. The predicted molar refractivity (Wildman–Crippen MR) is 95.1 cm³/mol. The SMILES string of the molecule is CCC(NC(=O)CCC(=O)NCCNC(C)=O)(C(=O)O)c1ccccc1. The number of carboxylic acid groups (broad SMARTS) is 1. The number of carbonyl (C=O) groups is 4. The number of hydrogen-bond donors (Lipinski definition) is 4. The van der Waals surface area contributed by atoms with Gasteiger partial charge < -0.3 is 21.1 Å². The van der Waals surface area contributed by atoms with E-state index in [4.69, 9.17) is 0 Å². The van der Waals surface area contributed by atoms with Crippen LogP contribution in [-0.4, -0.2) is 41.9 Å². The normalized spacial score (nSPS) is 12.5. The van der Waals surface area contributed by atoms with Crippen molar-refractivity contribution in [2.75, 3.05) is 13.1 Å². The Bertz CT molecular complexity index is 647. The van der Waals surface area contributed by atoms with Gasteiger partial charge in [0.1, 0.15) is 0 Å². The third-order valence-electron chi connectivity index (χ3n) is 3.92. The Labute approximate surface area is 152 Å². The van der Waals surface area contributed by atoms with E-state index in [9.17, 15) is 24.3 Å². The van der Waals surface area contributed by atoms with Gasteiger partial charge in [0.25, 0.3) is 0 Å². The Balaban J connectivity index is 2.59. The van der Waals surface area contributed by atoms with Gasteiger partial charge in [-0.25, -0.2) is 4.79 Å². The summed E-state index contributed by atoms with van der Waals surface area (Å²) >= 11 is 0. The molecule has 8 nitrogen and oxygen atoms in total. The molecule has 142 valence electrons. The lowest BCUT2D eigenvalue weighted by Gasteiger charge is -2.30. The molecule has 0 bridgehead atoms. The number of amides is 3. The topological polar surface area (TPSA) is 125 Å². The van der Waals surface area contributed by atoms with E-state index in [2.05, 4.69) is 16.0 Å². The third kappa shape index (κ3) is 6.19. The largest absolute Gasteiger partial charge is 0.479 e. The van der Waals surface area contributed by atoms with E-state index in [1.807, 2.05) is 0 Å². The quantitative estimate of drug-likeness (QED) is 0.451. The van der Waals surface area contributed by atoms with Crippen molar-refractivity contribution in [3.63, 3.8) is 0 Å². The molecule has 0 aromatic heterocycles. The summed E-state index contributed by atoms with van der Waals surface area (Å²) in [5.74, 6) is -2.21. The van der Waals surface area contributed by atoms with Crippen LogP contribution in [-0.2, 0) is 24.7 Å². The third-order valence-corrected chi connectivity index (χ3v) is 3.92. The second-order valence-corrected chi connectivity index (χ2v) is 5.81. The number of hydrogen-bond acceptors (Lipinski definition) is 4.